The van der Waals surface area contributed by atoms with E-state index in [1.807, 2.05) is 54.6 Å². The molecule has 0 amide bonds. The lowest BCUT2D eigenvalue weighted by atomic mass is 10.1. The third kappa shape index (κ3) is 2.60. The Bertz CT molecular complexity index is 770. The quantitative estimate of drug-likeness (QED) is 0.779. The molecule has 0 spiro atoms. The first-order valence-corrected chi connectivity index (χ1v) is 6.44. The molecule has 1 aromatic heterocycles. The van der Waals surface area contributed by atoms with Crippen LogP contribution in [0.2, 0.25) is 0 Å². The number of hydrogen-bond donors (Lipinski definition) is 1. The van der Waals surface area contributed by atoms with Crippen molar-refractivity contribution >= 4 is 16.7 Å². The highest BCUT2D eigenvalue weighted by molar-refractivity contribution is 5.80. The first-order chi connectivity index (χ1) is 9.85. The van der Waals surface area contributed by atoms with Crippen LogP contribution in [0.15, 0.2) is 60.7 Å². The van der Waals surface area contributed by atoms with Gasteiger partial charge in [0.25, 0.3) is 0 Å². The molecule has 1 N–H and O–H groups in total. The summed E-state index contributed by atoms with van der Waals surface area (Å²) < 4.78 is 0. The number of hydrogen-bond acceptors (Lipinski definition) is 3. The third-order valence-electron chi connectivity index (χ3n) is 3.16. The van der Waals surface area contributed by atoms with Gasteiger partial charge in [-0.25, -0.2) is 4.98 Å². The fourth-order valence-electron chi connectivity index (χ4n) is 2.05. The SMILES string of the molecule is N#Cc1ccc(CNc2ccc3ccccc3n2)cc1. The monoisotopic (exact) mass is 259 g/mol. The Morgan fingerprint density at radius 3 is 2.55 bits per heavy atom. The fraction of sp³-hybridized carbons (Fsp3) is 0.0588. The number of nitrogens with zero attached hydrogens (tertiary/aromatic N) is 2. The zero-order valence-corrected chi connectivity index (χ0v) is 10.9. The number of pyridine rings is 1. The van der Waals surface area contributed by atoms with Gasteiger partial charge in [0.05, 0.1) is 17.1 Å². The molecule has 3 aromatic rings. The first kappa shape index (κ1) is 12.2. The van der Waals surface area contributed by atoms with Crippen molar-refractivity contribution in [2.24, 2.45) is 0 Å². The van der Waals surface area contributed by atoms with Crippen LogP contribution in [0.5, 0.6) is 0 Å². The molecule has 0 unspecified atom stereocenters. The zero-order chi connectivity index (χ0) is 13.8. The van der Waals surface area contributed by atoms with E-state index in [4.69, 9.17) is 5.26 Å². The molecule has 1 heterocycles. The van der Waals surface area contributed by atoms with Gasteiger partial charge in [0.15, 0.2) is 0 Å². The molecular weight excluding hydrogens is 246 g/mol. The maximum Gasteiger partial charge on any atom is 0.126 e. The number of aromatic nitrogens is 1. The number of nitrogens with one attached hydrogen (secondary N) is 1. The van der Waals surface area contributed by atoms with Crippen molar-refractivity contribution in [2.45, 2.75) is 6.54 Å². The van der Waals surface area contributed by atoms with Gasteiger partial charge in [-0.3, -0.25) is 0 Å². The van der Waals surface area contributed by atoms with Crippen LogP contribution in [-0.2, 0) is 6.54 Å². The summed E-state index contributed by atoms with van der Waals surface area (Å²) in [4.78, 5) is 4.56. The molecule has 0 fully saturated rings. The number of anilines is 1. The Morgan fingerprint density at radius 1 is 0.950 bits per heavy atom. The van der Waals surface area contributed by atoms with Crippen molar-refractivity contribution in [1.82, 2.24) is 4.98 Å². The lowest BCUT2D eigenvalue weighted by Gasteiger charge is -2.07. The van der Waals surface area contributed by atoms with Gasteiger partial charge in [-0.15, -0.1) is 0 Å². The Morgan fingerprint density at radius 2 is 1.75 bits per heavy atom. The van der Waals surface area contributed by atoms with E-state index in [0.717, 1.165) is 22.3 Å². The minimum atomic E-state index is 0.678. The Balaban J connectivity index is 1.74. The summed E-state index contributed by atoms with van der Waals surface area (Å²) >= 11 is 0. The molecule has 3 rings (SSSR count). The van der Waals surface area contributed by atoms with Crippen LogP contribution in [-0.4, -0.2) is 4.98 Å². The van der Waals surface area contributed by atoms with Gasteiger partial charge < -0.3 is 5.32 Å². The number of para-hydroxylation sites is 1. The molecule has 96 valence electrons. The van der Waals surface area contributed by atoms with Crippen LogP contribution in [0.4, 0.5) is 5.82 Å². The second kappa shape index (κ2) is 5.41. The molecule has 3 nitrogen and oxygen atoms in total. The number of nitriles is 1. The molecule has 2 aromatic carbocycles. The van der Waals surface area contributed by atoms with E-state index < -0.39 is 0 Å². The topological polar surface area (TPSA) is 48.7 Å². The van der Waals surface area contributed by atoms with Gasteiger partial charge in [-0.2, -0.15) is 5.26 Å². The predicted octanol–water partition coefficient (Wildman–Crippen LogP) is 3.72. The van der Waals surface area contributed by atoms with Crippen molar-refractivity contribution in [3.8, 4) is 6.07 Å². The maximum absolute atomic E-state index is 8.76. The molecule has 0 aliphatic rings. The van der Waals surface area contributed by atoms with Gasteiger partial charge in [0.2, 0.25) is 0 Å². The summed E-state index contributed by atoms with van der Waals surface area (Å²) in [5.41, 5.74) is 2.79. The summed E-state index contributed by atoms with van der Waals surface area (Å²) in [6.07, 6.45) is 0. The standard InChI is InChI=1S/C17H13N3/c18-11-13-5-7-14(8-6-13)12-19-17-10-9-15-3-1-2-4-16(15)20-17/h1-10H,12H2,(H,19,20). The zero-order valence-electron chi connectivity index (χ0n) is 10.9. The van der Waals surface area contributed by atoms with Gasteiger partial charge in [0.1, 0.15) is 5.82 Å². The highest BCUT2D eigenvalue weighted by atomic mass is 15.0. The average Bonchev–Trinajstić information content (AvgIpc) is 2.53. The second-order valence-electron chi connectivity index (χ2n) is 4.55. The average molecular weight is 259 g/mol. The van der Waals surface area contributed by atoms with Crippen molar-refractivity contribution in [3.63, 3.8) is 0 Å². The molecule has 20 heavy (non-hydrogen) atoms. The molecule has 0 saturated carbocycles. The number of fused-ring (bicyclic) bond motifs is 1. The van der Waals surface area contributed by atoms with Gasteiger partial charge in [-0.1, -0.05) is 30.3 Å². The number of benzene rings is 2. The molecule has 0 aliphatic heterocycles. The first-order valence-electron chi connectivity index (χ1n) is 6.44. The van der Waals surface area contributed by atoms with Crippen molar-refractivity contribution in [1.29, 1.82) is 5.26 Å². The summed E-state index contributed by atoms with van der Waals surface area (Å²) in [6.45, 7) is 0.692. The normalized spacial score (nSPS) is 10.2. The fourth-order valence-corrected chi connectivity index (χ4v) is 2.05. The van der Waals surface area contributed by atoms with Crippen molar-refractivity contribution in [2.75, 3.05) is 5.32 Å². The highest BCUT2D eigenvalue weighted by Crippen LogP contribution is 2.15. The van der Waals surface area contributed by atoms with E-state index in [0.29, 0.717) is 12.1 Å². The molecule has 0 saturated heterocycles. The second-order valence-corrected chi connectivity index (χ2v) is 4.55. The molecule has 3 heteroatoms. The minimum Gasteiger partial charge on any atom is -0.366 e. The lowest BCUT2D eigenvalue weighted by Crippen LogP contribution is -2.01. The van der Waals surface area contributed by atoms with Crippen molar-refractivity contribution in [3.05, 3.63) is 71.8 Å². The molecule has 0 radical (unpaired) electrons. The molecular formula is C17H13N3. The van der Waals surface area contributed by atoms with E-state index >= 15 is 0 Å². The van der Waals surface area contributed by atoms with Gasteiger partial charge in [0, 0.05) is 11.9 Å². The van der Waals surface area contributed by atoms with Crippen LogP contribution in [0.25, 0.3) is 10.9 Å². The van der Waals surface area contributed by atoms with Gasteiger partial charge in [-0.05, 0) is 35.9 Å². The van der Waals surface area contributed by atoms with E-state index in [1.54, 1.807) is 0 Å². The molecule has 0 bridgehead atoms. The van der Waals surface area contributed by atoms with Gasteiger partial charge >= 0.3 is 0 Å². The summed E-state index contributed by atoms with van der Waals surface area (Å²) in [6, 6.07) is 21.7. The summed E-state index contributed by atoms with van der Waals surface area (Å²) in [5.74, 6) is 0.855. The lowest BCUT2D eigenvalue weighted by molar-refractivity contribution is 1.12. The Labute approximate surface area is 117 Å². The van der Waals surface area contributed by atoms with Crippen LogP contribution < -0.4 is 5.32 Å². The molecule has 0 atom stereocenters. The van der Waals surface area contributed by atoms with Crippen LogP contribution in [0.3, 0.4) is 0 Å². The van der Waals surface area contributed by atoms with E-state index in [2.05, 4.69) is 22.4 Å². The maximum atomic E-state index is 8.76. The smallest absolute Gasteiger partial charge is 0.126 e. The van der Waals surface area contributed by atoms with Crippen molar-refractivity contribution < 1.29 is 0 Å². The number of rotatable bonds is 3. The minimum absolute atomic E-state index is 0.678. The van der Waals surface area contributed by atoms with Crippen LogP contribution in [0, 0.1) is 11.3 Å². The summed E-state index contributed by atoms with van der Waals surface area (Å²) in [7, 11) is 0. The Hall–Kier alpha value is -2.86. The largest absolute Gasteiger partial charge is 0.366 e. The van der Waals surface area contributed by atoms with E-state index in [9.17, 15) is 0 Å². The highest BCUT2D eigenvalue weighted by Gasteiger charge is 1.98. The predicted molar refractivity (Wildman–Crippen MR) is 80.2 cm³/mol. The molecule has 0 aliphatic carbocycles. The van der Waals surface area contributed by atoms with Crippen LogP contribution in [0.1, 0.15) is 11.1 Å². The van der Waals surface area contributed by atoms with E-state index in [-0.39, 0.29) is 0 Å². The van der Waals surface area contributed by atoms with E-state index in [1.165, 1.54) is 0 Å². The summed E-state index contributed by atoms with van der Waals surface area (Å²) in [5, 5.41) is 13.2. The van der Waals surface area contributed by atoms with Crippen LogP contribution >= 0.6 is 0 Å². The third-order valence-corrected chi connectivity index (χ3v) is 3.16. The Kier molecular flexibility index (Phi) is 3.30.